The highest BCUT2D eigenvalue weighted by molar-refractivity contribution is 9.10. The Morgan fingerprint density at radius 1 is 1.23 bits per heavy atom. The van der Waals surface area contributed by atoms with Crippen molar-refractivity contribution < 1.29 is 15.0 Å². The van der Waals surface area contributed by atoms with Crippen molar-refractivity contribution in [1.82, 2.24) is 0 Å². The van der Waals surface area contributed by atoms with Crippen molar-refractivity contribution in [2.24, 2.45) is 0 Å². The van der Waals surface area contributed by atoms with Crippen molar-refractivity contribution in [2.45, 2.75) is 12.5 Å². The molecule has 0 spiro atoms. The molecule has 0 saturated heterocycles. The van der Waals surface area contributed by atoms with Crippen molar-refractivity contribution >= 4 is 39.3 Å². The van der Waals surface area contributed by atoms with Crippen LogP contribution in [0, 0.1) is 0 Å². The lowest BCUT2D eigenvalue weighted by atomic mass is 10.1. The number of benzene rings is 2. The Balaban J connectivity index is 2.09. The van der Waals surface area contributed by atoms with Crippen LogP contribution in [-0.2, 0) is 0 Å². The van der Waals surface area contributed by atoms with Crippen LogP contribution in [0.1, 0.15) is 18.1 Å². The van der Waals surface area contributed by atoms with Gasteiger partial charge < -0.3 is 10.2 Å². The number of carboxylic acid groups (broad SMARTS) is 1. The fraction of sp³-hybridized carbons (Fsp3) is 0.188. The van der Waals surface area contributed by atoms with Crippen LogP contribution < -0.4 is 4.90 Å². The van der Waals surface area contributed by atoms with Crippen LogP contribution in [-0.4, -0.2) is 22.9 Å². The lowest BCUT2D eigenvalue weighted by molar-refractivity contribution is 0.166. The van der Waals surface area contributed by atoms with Crippen LogP contribution >= 0.6 is 27.5 Å². The number of hydrogen-bond acceptors (Lipinski definition) is 2. The van der Waals surface area contributed by atoms with Crippen LogP contribution in [0.4, 0.5) is 10.5 Å². The van der Waals surface area contributed by atoms with Crippen LogP contribution in [0.15, 0.2) is 53.0 Å². The molecule has 0 unspecified atom stereocenters. The molecule has 0 fully saturated rings. The average Bonchev–Trinajstić information content (AvgIpc) is 2.51. The third-order valence-corrected chi connectivity index (χ3v) is 4.49. The zero-order valence-corrected chi connectivity index (χ0v) is 14.0. The van der Waals surface area contributed by atoms with E-state index in [2.05, 4.69) is 15.9 Å². The van der Waals surface area contributed by atoms with Gasteiger partial charge in [0.2, 0.25) is 0 Å². The van der Waals surface area contributed by atoms with Gasteiger partial charge in [0.15, 0.2) is 0 Å². The highest BCUT2D eigenvalue weighted by Gasteiger charge is 2.17. The molecular weight excluding hydrogens is 370 g/mol. The minimum Gasteiger partial charge on any atom is -0.465 e. The summed E-state index contributed by atoms with van der Waals surface area (Å²) in [6, 6.07) is 14.1. The maximum Gasteiger partial charge on any atom is 0.411 e. The Bertz CT molecular complexity index is 651. The van der Waals surface area contributed by atoms with E-state index >= 15 is 0 Å². The standard InChI is InChI=1S/C16H15BrClNO3/c17-13-7-6-12(10-14(13)18)19(16(21)22)9-8-15(20)11-4-2-1-3-5-11/h1-7,10,15,20H,8-9H2,(H,21,22)/t15-/m0/s1. The van der Waals surface area contributed by atoms with Crippen molar-refractivity contribution in [3.8, 4) is 0 Å². The molecule has 6 heteroatoms. The van der Waals surface area contributed by atoms with E-state index in [9.17, 15) is 15.0 Å². The van der Waals surface area contributed by atoms with Crippen molar-refractivity contribution in [1.29, 1.82) is 0 Å². The molecule has 116 valence electrons. The summed E-state index contributed by atoms with van der Waals surface area (Å²) in [6.07, 6.45) is -1.50. The van der Waals surface area contributed by atoms with Crippen LogP contribution in [0.3, 0.4) is 0 Å². The number of aliphatic hydroxyl groups is 1. The first-order valence-electron chi connectivity index (χ1n) is 6.67. The molecular formula is C16H15BrClNO3. The summed E-state index contributed by atoms with van der Waals surface area (Å²) in [6.45, 7) is 0.170. The molecule has 0 bridgehead atoms. The normalized spacial score (nSPS) is 12.0. The Morgan fingerprint density at radius 2 is 1.91 bits per heavy atom. The Hall–Kier alpha value is -1.56. The molecule has 2 rings (SSSR count). The SMILES string of the molecule is O=C(O)N(CC[C@H](O)c1ccccc1)c1ccc(Br)c(Cl)c1. The second-order valence-corrected chi connectivity index (χ2v) is 6.01. The van der Waals surface area contributed by atoms with Gasteiger partial charge in [-0.3, -0.25) is 4.90 Å². The second kappa shape index (κ2) is 7.63. The summed E-state index contributed by atoms with van der Waals surface area (Å²) in [5.41, 5.74) is 1.24. The molecule has 0 saturated carbocycles. The van der Waals surface area contributed by atoms with Crippen LogP contribution in [0.25, 0.3) is 0 Å². The van der Waals surface area contributed by atoms with Gasteiger partial charge in [-0.2, -0.15) is 0 Å². The number of rotatable bonds is 5. The highest BCUT2D eigenvalue weighted by Crippen LogP contribution is 2.28. The smallest absolute Gasteiger partial charge is 0.411 e. The van der Waals surface area contributed by atoms with Gasteiger partial charge in [-0.25, -0.2) is 4.79 Å². The fourth-order valence-electron chi connectivity index (χ4n) is 2.08. The maximum absolute atomic E-state index is 11.4. The molecule has 0 aromatic heterocycles. The number of carbonyl (C=O) groups is 1. The molecule has 2 aromatic rings. The van der Waals surface area contributed by atoms with E-state index in [0.29, 0.717) is 21.6 Å². The van der Waals surface area contributed by atoms with Gasteiger partial charge in [0.05, 0.1) is 11.1 Å². The van der Waals surface area contributed by atoms with Crippen LogP contribution in [0.5, 0.6) is 0 Å². The molecule has 0 aliphatic heterocycles. The second-order valence-electron chi connectivity index (χ2n) is 4.75. The summed E-state index contributed by atoms with van der Waals surface area (Å²) >= 11 is 9.28. The zero-order valence-electron chi connectivity index (χ0n) is 11.6. The van der Waals surface area contributed by atoms with E-state index in [1.807, 2.05) is 30.3 Å². The molecule has 0 aliphatic rings. The van der Waals surface area contributed by atoms with Gasteiger partial charge in [0, 0.05) is 16.7 Å². The minimum atomic E-state index is -1.08. The number of anilines is 1. The molecule has 2 aromatic carbocycles. The Labute approximate surface area is 142 Å². The monoisotopic (exact) mass is 383 g/mol. The number of hydrogen-bond donors (Lipinski definition) is 2. The van der Waals surface area contributed by atoms with Crippen molar-refractivity contribution in [3.05, 3.63) is 63.6 Å². The summed E-state index contributed by atoms with van der Waals surface area (Å²) in [5, 5.41) is 19.9. The highest BCUT2D eigenvalue weighted by atomic mass is 79.9. The third-order valence-electron chi connectivity index (χ3n) is 3.26. The van der Waals surface area contributed by atoms with Gasteiger partial charge in [-0.1, -0.05) is 41.9 Å². The van der Waals surface area contributed by atoms with E-state index in [4.69, 9.17) is 11.6 Å². The first-order chi connectivity index (χ1) is 10.5. The number of amides is 1. The van der Waals surface area contributed by atoms with Gasteiger partial charge in [0.25, 0.3) is 0 Å². The molecule has 22 heavy (non-hydrogen) atoms. The molecule has 0 radical (unpaired) electrons. The predicted molar refractivity (Wildman–Crippen MR) is 90.5 cm³/mol. The zero-order chi connectivity index (χ0) is 16.1. The predicted octanol–water partition coefficient (Wildman–Crippen LogP) is 4.71. The molecule has 2 N–H and O–H groups in total. The lowest BCUT2D eigenvalue weighted by Gasteiger charge is -2.21. The summed E-state index contributed by atoms with van der Waals surface area (Å²) < 4.78 is 0.701. The summed E-state index contributed by atoms with van der Waals surface area (Å²) in [7, 11) is 0. The molecule has 0 aliphatic carbocycles. The summed E-state index contributed by atoms with van der Waals surface area (Å²) in [4.78, 5) is 12.6. The van der Waals surface area contributed by atoms with E-state index < -0.39 is 12.2 Å². The number of nitrogens with zero attached hydrogens (tertiary/aromatic N) is 1. The number of halogens is 2. The van der Waals surface area contributed by atoms with Crippen molar-refractivity contribution in [3.63, 3.8) is 0 Å². The Morgan fingerprint density at radius 3 is 2.50 bits per heavy atom. The van der Waals surface area contributed by atoms with E-state index in [0.717, 1.165) is 5.56 Å². The Kier molecular flexibility index (Phi) is 5.83. The largest absolute Gasteiger partial charge is 0.465 e. The van der Waals surface area contributed by atoms with E-state index in [1.54, 1.807) is 18.2 Å². The fourth-order valence-corrected chi connectivity index (χ4v) is 2.50. The molecule has 1 amide bonds. The lowest BCUT2D eigenvalue weighted by Crippen LogP contribution is -2.31. The quantitative estimate of drug-likeness (QED) is 0.785. The van der Waals surface area contributed by atoms with Crippen molar-refractivity contribution in [2.75, 3.05) is 11.4 Å². The topological polar surface area (TPSA) is 60.8 Å². The minimum absolute atomic E-state index is 0.170. The first-order valence-corrected chi connectivity index (χ1v) is 7.84. The maximum atomic E-state index is 11.4. The van der Waals surface area contributed by atoms with Crippen LogP contribution in [0.2, 0.25) is 5.02 Å². The van der Waals surface area contributed by atoms with Gasteiger partial charge >= 0.3 is 6.09 Å². The molecule has 0 heterocycles. The summed E-state index contributed by atoms with van der Waals surface area (Å²) in [5.74, 6) is 0. The van der Waals surface area contributed by atoms with E-state index in [1.165, 1.54) is 4.90 Å². The third kappa shape index (κ3) is 4.22. The molecule has 4 nitrogen and oxygen atoms in total. The first kappa shape index (κ1) is 16.8. The van der Waals surface area contributed by atoms with Gasteiger partial charge in [-0.05, 0) is 46.1 Å². The van der Waals surface area contributed by atoms with Gasteiger partial charge in [-0.15, -0.1) is 0 Å². The molecule has 1 atom stereocenters. The van der Waals surface area contributed by atoms with Gasteiger partial charge in [0.1, 0.15) is 0 Å². The van der Waals surface area contributed by atoms with E-state index in [-0.39, 0.29) is 6.54 Å². The average molecular weight is 385 g/mol. The number of aliphatic hydroxyl groups excluding tert-OH is 1.